The first-order valence-corrected chi connectivity index (χ1v) is 12.4. The third-order valence-corrected chi connectivity index (χ3v) is 8.64. The van der Waals surface area contributed by atoms with Crippen LogP contribution in [0.1, 0.15) is 75.5 Å². The molecule has 0 amide bonds. The SMILES string of the molecule is CC[C@@](C)(O)c1coc(-c2cncc([C@@]34CC[C@@H](c5cc(-c6c(F)cccc6F)nnc53)C4(C)C)n2)n1. The zero-order valence-corrected chi connectivity index (χ0v) is 21.1. The molecule has 2 aliphatic carbocycles. The molecule has 2 aliphatic rings. The van der Waals surface area contributed by atoms with E-state index in [0.29, 0.717) is 17.8 Å². The number of aliphatic hydroxyl groups is 1. The Balaban J connectivity index is 1.47. The number of nitrogens with zero attached hydrogens (tertiary/aromatic N) is 5. The molecule has 1 N–H and O–H groups in total. The van der Waals surface area contributed by atoms with E-state index in [1.807, 2.05) is 6.92 Å². The van der Waals surface area contributed by atoms with Gasteiger partial charge >= 0.3 is 0 Å². The molecule has 0 aliphatic heterocycles. The Morgan fingerprint density at radius 3 is 2.59 bits per heavy atom. The highest BCUT2D eigenvalue weighted by atomic mass is 19.1. The molecule has 3 heterocycles. The minimum Gasteiger partial charge on any atom is -0.443 e. The first kappa shape index (κ1) is 23.8. The van der Waals surface area contributed by atoms with Crippen LogP contribution in [0.4, 0.5) is 8.78 Å². The Morgan fingerprint density at radius 1 is 1.11 bits per heavy atom. The van der Waals surface area contributed by atoms with Crippen LogP contribution in [0.3, 0.4) is 0 Å². The van der Waals surface area contributed by atoms with Crippen LogP contribution in [-0.4, -0.2) is 30.3 Å². The molecule has 9 heteroatoms. The summed E-state index contributed by atoms with van der Waals surface area (Å²) in [4.78, 5) is 13.9. The van der Waals surface area contributed by atoms with Crippen LogP contribution >= 0.6 is 0 Å². The molecule has 4 aromatic rings. The van der Waals surface area contributed by atoms with Gasteiger partial charge in [0.15, 0.2) is 0 Å². The topological polar surface area (TPSA) is 97.8 Å². The van der Waals surface area contributed by atoms with Gasteiger partial charge in [-0.25, -0.2) is 18.7 Å². The first-order valence-electron chi connectivity index (χ1n) is 12.4. The summed E-state index contributed by atoms with van der Waals surface area (Å²) >= 11 is 0. The number of hydrogen-bond donors (Lipinski definition) is 1. The average molecular weight is 504 g/mol. The highest BCUT2D eigenvalue weighted by Crippen LogP contribution is 2.69. The second-order valence-corrected chi connectivity index (χ2v) is 10.8. The molecule has 1 aromatic carbocycles. The van der Waals surface area contributed by atoms with Gasteiger partial charge in [0.05, 0.1) is 34.3 Å². The summed E-state index contributed by atoms with van der Waals surface area (Å²) in [6.45, 7) is 7.90. The van der Waals surface area contributed by atoms with Crippen LogP contribution in [0.5, 0.6) is 0 Å². The molecule has 190 valence electrons. The van der Waals surface area contributed by atoms with Gasteiger partial charge in [-0.2, -0.15) is 5.10 Å². The summed E-state index contributed by atoms with van der Waals surface area (Å²) in [7, 11) is 0. The minimum absolute atomic E-state index is 0.116. The molecule has 0 spiro atoms. The Bertz CT molecular complexity index is 1510. The minimum atomic E-state index is -1.11. The maximum Gasteiger partial charge on any atom is 0.247 e. The van der Waals surface area contributed by atoms with Crippen molar-refractivity contribution < 1.29 is 18.3 Å². The lowest BCUT2D eigenvalue weighted by molar-refractivity contribution is 0.0485. The van der Waals surface area contributed by atoms with Gasteiger partial charge in [-0.15, -0.1) is 5.10 Å². The summed E-state index contributed by atoms with van der Waals surface area (Å²) in [5, 5.41) is 19.4. The summed E-state index contributed by atoms with van der Waals surface area (Å²) < 4.78 is 34.7. The molecule has 3 aromatic heterocycles. The van der Waals surface area contributed by atoms with E-state index in [4.69, 9.17) is 9.40 Å². The van der Waals surface area contributed by atoms with Gasteiger partial charge in [0, 0.05) is 6.20 Å². The van der Waals surface area contributed by atoms with E-state index in [9.17, 15) is 13.9 Å². The molecule has 1 fully saturated rings. The van der Waals surface area contributed by atoms with Crippen molar-refractivity contribution in [1.29, 1.82) is 0 Å². The normalized spacial score (nSPS) is 23.2. The van der Waals surface area contributed by atoms with Crippen molar-refractivity contribution in [2.45, 2.75) is 63.9 Å². The van der Waals surface area contributed by atoms with Gasteiger partial charge < -0.3 is 9.52 Å². The number of oxazole rings is 1. The van der Waals surface area contributed by atoms with E-state index >= 15 is 0 Å². The fraction of sp³-hybridized carbons (Fsp3) is 0.393. The van der Waals surface area contributed by atoms with Crippen molar-refractivity contribution in [1.82, 2.24) is 25.1 Å². The number of halogens is 2. The lowest BCUT2D eigenvalue weighted by Gasteiger charge is -2.37. The molecule has 37 heavy (non-hydrogen) atoms. The third kappa shape index (κ3) is 3.22. The summed E-state index contributed by atoms with van der Waals surface area (Å²) in [5.74, 6) is -0.948. The Labute approximate surface area is 213 Å². The van der Waals surface area contributed by atoms with E-state index in [-0.39, 0.29) is 28.5 Å². The molecule has 0 saturated heterocycles. The van der Waals surface area contributed by atoms with Crippen LogP contribution in [0.2, 0.25) is 0 Å². The molecular weight excluding hydrogens is 476 g/mol. The van der Waals surface area contributed by atoms with Crippen molar-refractivity contribution in [3.05, 3.63) is 77.2 Å². The second-order valence-electron chi connectivity index (χ2n) is 10.8. The standard InChI is InChI=1S/C28H27F2N5O2/c1-5-27(4,36)22-14-37-25(33-22)20-12-31-13-21(32-20)28-10-9-16(26(28,2)3)15-11-19(34-35-24(15)28)23-17(29)7-6-8-18(23)30/h6-8,11-14,16,36H,5,9-10H2,1-4H3/t16-,27+,28-/m0/s1. The van der Waals surface area contributed by atoms with Crippen LogP contribution in [0, 0.1) is 17.0 Å². The predicted molar refractivity (Wildman–Crippen MR) is 131 cm³/mol. The van der Waals surface area contributed by atoms with Gasteiger partial charge in [0.1, 0.15) is 34.9 Å². The summed E-state index contributed by atoms with van der Waals surface area (Å²) in [6, 6.07) is 5.56. The molecular formula is C28H27F2N5O2. The van der Waals surface area contributed by atoms with Crippen LogP contribution < -0.4 is 0 Å². The number of rotatable bonds is 5. The molecule has 0 unspecified atom stereocenters. The average Bonchev–Trinajstić information content (AvgIpc) is 3.53. The monoisotopic (exact) mass is 503 g/mol. The van der Waals surface area contributed by atoms with Crippen LogP contribution in [-0.2, 0) is 11.0 Å². The third-order valence-electron chi connectivity index (χ3n) is 8.64. The molecule has 6 rings (SSSR count). The Morgan fingerprint density at radius 2 is 1.86 bits per heavy atom. The fourth-order valence-corrected chi connectivity index (χ4v) is 6.25. The molecule has 0 radical (unpaired) electrons. The van der Waals surface area contributed by atoms with Crippen molar-refractivity contribution >= 4 is 0 Å². The van der Waals surface area contributed by atoms with Crippen molar-refractivity contribution in [3.63, 3.8) is 0 Å². The van der Waals surface area contributed by atoms with Crippen LogP contribution in [0.25, 0.3) is 22.8 Å². The maximum absolute atomic E-state index is 14.5. The van der Waals surface area contributed by atoms with Crippen molar-refractivity contribution in [2.24, 2.45) is 5.41 Å². The van der Waals surface area contributed by atoms with Crippen LogP contribution in [0.15, 0.2) is 47.3 Å². The Hall–Kier alpha value is -3.59. The highest BCUT2D eigenvalue weighted by molar-refractivity contribution is 5.64. The number of fused-ring (bicyclic) bond motifs is 5. The number of aromatic nitrogens is 5. The molecule has 3 atom stereocenters. The predicted octanol–water partition coefficient (Wildman–Crippen LogP) is 5.69. The summed E-state index contributed by atoms with van der Waals surface area (Å²) in [5.41, 5.74) is 1.34. The van der Waals surface area contributed by atoms with Gasteiger partial charge in [-0.05, 0) is 61.3 Å². The maximum atomic E-state index is 14.5. The smallest absolute Gasteiger partial charge is 0.247 e. The largest absolute Gasteiger partial charge is 0.443 e. The fourth-order valence-electron chi connectivity index (χ4n) is 6.25. The van der Waals surface area contributed by atoms with E-state index in [0.717, 1.165) is 29.8 Å². The molecule has 1 saturated carbocycles. The van der Waals surface area contributed by atoms with Gasteiger partial charge in [0.25, 0.3) is 0 Å². The summed E-state index contributed by atoms with van der Waals surface area (Å²) in [6.07, 6.45) is 6.92. The Kier molecular flexibility index (Phi) is 5.11. The quantitative estimate of drug-likeness (QED) is 0.374. The van der Waals surface area contributed by atoms with E-state index in [2.05, 4.69) is 34.0 Å². The lowest BCUT2D eigenvalue weighted by atomic mass is 9.66. The molecule has 7 nitrogen and oxygen atoms in total. The van der Waals surface area contributed by atoms with Crippen molar-refractivity contribution in [2.75, 3.05) is 0 Å². The van der Waals surface area contributed by atoms with E-state index < -0.39 is 22.7 Å². The van der Waals surface area contributed by atoms with Gasteiger partial charge in [-0.3, -0.25) is 4.98 Å². The zero-order chi connectivity index (χ0) is 26.2. The lowest BCUT2D eigenvalue weighted by Crippen LogP contribution is -2.38. The highest BCUT2D eigenvalue weighted by Gasteiger charge is 2.65. The zero-order valence-electron chi connectivity index (χ0n) is 21.1. The van der Waals surface area contributed by atoms with Gasteiger partial charge in [0.2, 0.25) is 5.89 Å². The number of benzene rings is 1. The second kappa shape index (κ2) is 7.95. The van der Waals surface area contributed by atoms with Crippen molar-refractivity contribution in [3.8, 4) is 22.8 Å². The van der Waals surface area contributed by atoms with Gasteiger partial charge in [-0.1, -0.05) is 26.8 Å². The van der Waals surface area contributed by atoms with E-state index in [1.165, 1.54) is 24.5 Å². The number of hydrogen-bond acceptors (Lipinski definition) is 7. The van der Waals surface area contributed by atoms with E-state index in [1.54, 1.807) is 25.4 Å². The molecule has 2 bridgehead atoms. The first-order chi connectivity index (χ1) is 17.6.